The van der Waals surface area contributed by atoms with Crippen LogP contribution in [0.4, 0.5) is 10.5 Å². The van der Waals surface area contributed by atoms with Gasteiger partial charge in [-0.1, -0.05) is 18.2 Å². The molecule has 2 aromatic carbocycles. The number of esters is 1. The van der Waals surface area contributed by atoms with Crippen molar-refractivity contribution in [3.8, 4) is 5.75 Å². The van der Waals surface area contributed by atoms with Gasteiger partial charge in [-0.15, -0.1) is 0 Å². The molecule has 0 radical (unpaired) electrons. The highest BCUT2D eigenvalue weighted by molar-refractivity contribution is 9.11. The third-order valence-electron chi connectivity index (χ3n) is 10.3. The van der Waals surface area contributed by atoms with Crippen molar-refractivity contribution < 1.29 is 28.7 Å². The van der Waals surface area contributed by atoms with Crippen molar-refractivity contribution in [2.45, 2.75) is 64.0 Å². The van der Waals surface area contributed by atoms with E-state index >= 15 is 0 Å². The third-order valence-corrected chi connectivity index (χ3v) is 11.5. The van der Waals surface area contributed by atoms with Crippen molar-refractivity contribution in [2.24, 2.45) is 5.92 Å². The number of anilines is 1. The lowest BCUT2D eigenvalue weighted by molar-refractivity contribution is -0.143. The molecule has 4 aliphatic rings. The first-order chi connectivity index (χ1) is 23.7. The average Bonchev–Trinajstić information content (AvgIpc) is 3.27. The molecular weight excluding hydrogens is 758 g/mol. The van der Waals surface area contributed by atoms with Crippen molar-refractivity contribution in [1.82, 2.24) is 19.6 Å². The fourth-order valence-electron chi connectivity index (χ4n) is 7.62. The summed E-state index contributed by atoms with van der Waals surface area (Å²) in [6.07, 6.45) is 4.68. The molecule has 0 saturated carbocycles. The molecule has 1 atom stereocenters. The molecule has 3 fully saturated rings. The topological polar surface area (TPSA) is 112 Å². The minimum atomic E-state index is -0.548. The summed E-state index contributed by atoms with van der Waals surface area (Å²) >= 11 is 7.04. The van der Waals surface area contributed by atoms with Crippen LogP contribution < -0.4 is 10.1 Å². The van der Waals surface area contributed by atoms with Crippen LogP contribution in [-0.4, -0.2) is 115 Å². The van der Waals surface area contributed by atoms with Gasteiger partial charge >= 0.3 is 12.0 Å². The maximum atomic E-state index is 14.2. The Kier molecular flexibility index (Phi) is 11.9. The number of piperidine rings is 1. The van der Waals surface area contributed by atoms with Crippen LogP contribution in [-0.2, 0) is 32.0 Å². The highest BCUT2D eigenvalue weighted by atomic mass is 79.9. The van der Waals surface area contributed by atoms with Crippen molar-refractivity contribution >= 4 is 61.4 Å². The molecule has 4 aliphatic heterocycles. The third kappa shape index (κ3) is 8.84. The number of amides is 4. The number of hydrogen-bond donors (Lipinski definition) is 1. The molecule has 0 aliphatic carbocycles. The Balaban J connectivity index is 1.11. The smallest absolute Gasteiger partial charge is 0.322 e. The van der Waals surface area contributed by atoms with Crippen LogP contribution in [0.2, 0.25) is 0 Å². The van der Waals surface area contributed by atoms with Gasteiger partial charge in [-0.3, -0.25) is 19.3 Å². The van der Waals surface area contributed by atoms with Crippen LogP contribution in [0.3, 0.4) is 0 Å². The van der Waals surface area contributed by atoms with Crippen LogP contribution in [0.15, 0.2) is 45.3 Å². The second-order valence-corrected chi connectivity index (χ2v) is 15.1. The molecule has 0 unspecified atom stereocenters. The predicted molar refractivity (Wildman–Crippen MR) is 192 cm³/mol. The summed E-state index contributed by atoms with van der Waals surface area (Å²) in [5.74, 6) is -0.651. The van der Waals surface area contributed by atoms with E-state index in [1.807, 2.05) is 45.0 Å². The number of hydrogen-bond acceptors (Lipinski definition) is 7. The first-order valence-electron chi connectivity index (χ1n) is 17.4. The number of carbonyl (C=O) groups is 4. The van der Waals surface area contributed by atoms with E-state index in [0.717, 1.165) is 62.4 Å². The average molecular weight is 804 g/mol. The summed E-state index contributed by atoms with van der Waals surface area (Å²) in [7, 11) is 0. The minimum Gasteiger partial charge on any atom is -0.424 e. The monoisotopic (exact) mass is 801 g/mol. The number of nitrogens with one attached hydrogen (secondary N) is 1. The number of likely N-dealkylation sites (tertiary alicyclic amines) is 1. The zero-order chi connectivity index (χ0) is 34.5. The van der Waals surface area contributed by atoms with E-state index in [4.69, 9.17) is 9.47 Å². The lowest BCUT2D eigenvalue weighted by atomic mass is 9.92. The van der Waals surface area contributed by atoms with Crippen LogP contribution in [0.5, 0.6) is 5.75 Å². The summed E-state index contributed by atoms with van der Waals surface area (Å²) in [4.78, 5) is 61.0. The largest absolute Gasteiger partial charge is 0.424 e. The Hall–Kier alpha value is -3.00. The van der Waals surface area contributed by atoms with Gasteiger partial charge in [0.2, 0.25) is 11.8 Å². The number of halogens is 2. The van der Waals surface area contributed by atoms with E-state index in [9.17, 15) is 19.2 Å². The molecule has 2 aromatic rings. The van der Waals surface area contributed by atoms with Gasteiger partial charge in [0.05, 0.1) is 14.9 Å². The number of nitrogens with zero attached hydrogens (tertiary/aromatic N) is 4. The molecule has 3 saturated heterocycles. The van der Waals surface area contributed by atoms with Crippen LogP contribution in [0, 0.1) is 5.92 Å². The number of rotatable bonds is 8. The van der Waals surface area contributed by atoms with Gasteiger partial charge in [0.15, 0.2) is 5.75 Å². The van der Waals surface area contributed by atoms with Crippen molar-refractivity contribution in [1.29, 1.82) is 0 Å². The second kappa shape index (κ2) is 16.3. The Bertz CT molecular complexity index is 1510. The molecule has 0 aromatic heterocycles. The highest BCUT2D eigenvalue weighted by Gasteiger charge is 2.35. The van der Waals surface area contributed by atoms with Crippen molar-refractivity contribution in [3.05, 3.63) is 56.5 Å². The van der Waals surface area contributed by atoms with Crippen molar-refractivity contribution in [3.63, 3.8) is 0 Å². The zero-order valence-corrected chi connectivity index (χ0v) is 31.2. The molecule has 0 spiro atoms. The lowest BCUT2D eigenvalue weighted by Gasteiger charge is -2.41. The molecule has 4 heterocycles. The molecule has 49 heavy (non-hydrogen) atoms. The van der Waals surface area contributed by atoms with Gasteiger partial charge in [-0.25, -0.2) is 4.79 Å². The molecule has 0 bridgehead atoms. The minimum absolute atomic E-state index is 0.00743. The molecule has 13 heteroatoms. The fraction of sp³-hybridized carbons (Fsp3) is 0.556. The lowest BCUT2D eigenvalue weighted by Crippen LogP contribution is -2.54. The SMILES string of the molecule is CC(=O)Oc1c(Br)cc(C[C@@H](CC(=O)N2CCC(N3CCc4ccccc4NC3=O)CC2)C(=O)N2CCN(C3CCOCC3)CC2)cc1Br. The summed E-state index contributed by atoms with van der Waals surface area (Å²) in [6.45, 7) is 7.53. The first-order valence-corrected chi connectivity index (χ1v) is 18.9. The highest BCUT2D eigenvalue weighted by Crippen LogP contribution is 2.36. The zero-order valence-electron chi connectivity index (χ0n) is 28.0. The first kappa shape index (κ1) is 35.8. The second-order valence-electron chi connectivity index (χ2n) is 13.4. The fourth-order valence-corrected chi connectivity index (χ4v) is 9.07. The number of ether oxygens (including phenoxy) is 2. The quantitative estimate of drug-likeness (QED) is 0.293. The molecule has 11 nitrogen and oxygen atoms in total. The molecule has 4 amide bonds. The summed E-state index contributed by atoms with van der Waals surface area (Å²) < 4.78 is 12.1. The number of carbonyl (C=O) groups excluding carboxylic acids is 4. The van der Waals surface area contributed by atoms with E-state index in [0.29, 0.717) is 72.7 Å². The summed E-state index contributed by atoms with van der Waals surface area (Å²) in [5.41, 5.74) is 2.85. The normalized spacial score (nSPS) is 20.3. The van der Waals surface area contributed by atoms with E-state index in [-0.39, 0.29) is 30.3 Å². The van der Waals surface area contributed by atoms with E-state index < -0.39 is 11.9 Å². The van der Waals surface area contributed by atoms with Gasteiger partial charge in [0, 0.05) is 90.1 Å². The summed E-state index contributed by atoms with van der Waals surface area (Å²) in [5, 5.41) is 3.06. The number of benzene rings is 2. The predicted octanol–water partition coefficient (Wildman–Crippen LogP) is 5.09. The van der Waals surface area contributed by atoms with Gasteiger partial charge in [-0.05, 0) is 99.7 Å². The Labute approximate surface area is 304 Å². The van der Waals surface area contributed by atoms with Crippen molar-refractivity contribution in [2.75, 3.05) is 64.3 Å². The van der Waals surface area contributed by atoms with Crippen LogP contribution in [0.25, 0.3) is 0 Å². The van der Waals surface area contributed by atoms with Gasteiger partial charge < -0.3 is 29.5 Å². The molecule has 264 valence electrons. The van der Waals surface area contributed by atoms with E-state index in [1.165, 1.54) is 6.92 Å². The number of piperazine rings is 1. The van der Waals surface area contributed by atoms with E-state index in [2.05, 4.69) is 48.1 Å². The Morgan fingerprint density at radius 1 is 0.898 bits per heavy atom. The van der Waals surface area contributed by atoms with Gasteiger partial charge in [-0.2, -0.15) is 0 Å². The molecule has 1 N–H and O–H groups in total. The standard InChI is InChI=1S/C36H45Br2N5O6/c1-24(44)49-34-30(37)21-25(22-31(34)38)20-27(35(46)42-16-14-40(15-17-42)28-9-18-48-19-10-28)23-33(45)41-11-7-29(8-12-41)43-13-6-26-4-2-3-5-32(26)39-36(43)47/h2-5,21-22,27-29H,6-20,23H2,1H3,(H,39,47)/t27-/m0/s1. The number of para-hydroxylation sites is 1. The number of urea groups is 1. The number of fused-ring (bicyclic) bond motifs is 1. The van der Waals surface area contributed by atoms with Crippen LogP contribution in [0.1, 0.15) is 50.2 Å². The molecular formula is C36H45Br2N5O6. The van der Waals surface area contributed by atoms with Gasteiger partial charge in [0.1, 0.15) is 0 Å². The maximum absolute atomic E-state index is 14.2. The van der Waals surface area contributed by atoms with Crippen LogP contribution >= 0.6 is 31.9 Å². The Morgan fingerprint density at radius 2 is 1.57 bits per heavy atom. The van der Waals surface area contributed by atoms with Gasteiger partial charge in [0.25, 0.3) is 0 Å². The summed E-state index contributed by atoms with van der Waals surface area (Å²) in [6, 6.07) is 12.1. The maximum Gasteiger partial charge on any atom is 0.322 e. The Morgan fingerprint density at radius 3 is 2.24 bits per heavy atom. The van der Waals surface area contributed by atoms with E-state index in [1.54, 1.807) is 0 Å². The molecule has 6 rings (SSSR count).